The average Bonchev–Trinajstić information content (AvgIpc) is 2.40. The van der Waals surface area contributed by atoms with Crippen molar-refractivity contribution in [1.29, 1.82) is 0 Å². The summed E-state index contributed by atoms with van der Waals surface area (Å²) in [5.74, 6) is 0.631. The van der Waals surface area contributed by atoms with E-state index in [1.54, 1.807) is 6.07 Å². The van der Waals surface area contributed by atoms with Crippen molar-refractivity contribution in [2.75, 3.05) is 0 Å². The highest BCUT2D eigenvalue weighted by atomic mass is 79.9. The van der Waals surface area contributed by atoms with Crippen LogP contribution in [0, 0.1) is 0 Å². The first-order chi connectivity index (χ1) is 8.69. The number of rotatable bonds is 4. The number of ether oxygens (including phenoxy) is 1. The molecule has 1 aromatic carbocycles. The van der Waals surface area contributed by atoms with Crippen molar-refractivity contribution in [1.82, 2.24) is 4.98 Å². The van der Waals surface area contributed by atoms with E-state index >= 15 is 0 Å². The van der Waals surface area contributed by atoms with Gasteiger partial charge in [-0.05, 0) is 30.3 Å². The van der Waals surface area contributed by atoms with E-state index in [4.69, 9.17) is 22.1 Å². The van der Waals surface area contributed by atoms with Crippen molar-refractivity contribution in [3.05, 3.63) is 57.3 Å². The zero-order valence-electron chi connectivity index (χ0n) is 9.57. The third kappa shape index (κ3) is 3.45. The molecule has 1 aromatic heterocycles. The Morgan fingerprint density at radius 2 is 2.00 bits per heavy atom. The van der Waals surface area contributed by atoms with Crippen LogP contribution in [0.5, 0.6) is 5.75 Å². The average molecular weight is 328 g/mol. The topological polar surface area (TPSA) is 48.1 Å². The van der Waals surface area contributed by atoms with Gasteiger partial charge in [0.05, 0.1) is 16.4 Å². The molecule has 0 atom stereocenters. The van der Waals surface area contributed by atoms with Crippen molar-refractivity contribution < 1.29 is 4.74 Å². The molecule has 3 nitrogen and oxygen atoms in total. The number of benzene rings is 1. The molecule has 2 aromatic rings. The Kier molecular flexibility index (Phi) is 4.58. The minimum absolute atomic E-state index is 0.365. The van der Waals surface area contributed by atoms with Gasteiger partial charge < -0.3 is 10.5 Å². The van der Waals surface area contributed by atoms with Gasteiger partial charge >= 0.3 is 0 Å². The molecule has 0 aliphatic carbocycles. The summed E-state index contributed by atoms with van der Waals surface area (Å²) in [5, 5.41) is 0.577. The van der Waals surface area contributed by atoms with Gasteiger partial charge in [-0.25, -0.2) is 0 Å². The van der Waals surface area contributed by atoms with E-state index in [1.807, 2.05) is 30.3 Å². The van der Waals surface area contributed by atoms with E-state index in [2.05, 4.69) is 20.9 Å². The predicted octanol–water partition coefficient (Wildman–Crippen LogP) is 3.54. The lowest BCUT2D eigenvalue weighted by atomic mass is 10.3. The minimum atomic E-state index is 0.365. The van der Waals surface area contributed by atoms with E-state index in [1.165, 1.54) is 0 Å². The maximum Gasteiger partial charge on any atom is 0.139 e. The normalized spacial score (nSPS) is 10.4. The fourth-order valence-electron chi connectivity index (χ4n) is 1.46. The lowest BCUT2D eigenvalue weighted by molar-refractivity contribution is 0.301. The van der Waals surface area contributed by atoms with Gasteiger partial charge in [-0.1, -0.05) is 33.6 Å². The molecule has 2 N–H and O–H groups in total. The highest BCUT2D eigenvalue weighted by Crippen LogP contribution is 2.28. The maximum atomic E-state index is 6.03. The largest absolute Gasteiger partial charge is 0.486 e. The van der Waals surface area contributed by atoms with Crippen molar-refractivity contribution in [2.24, 2.45) is 5.73 Å². The first-order valence-electron chi connectivity index (χ1n) is 5.42. The summed E-state index contributed by atoms with van der Waals surface area (Å²) >= 11 is 9.41. The number of hydrogen-bond donors (Lipinski definition) is 1. The molecule has 0 aliphatic heterocycles. The van der Waals surface area contributed by atoms with Gasteiger partial charge in [0.2, 0.25) is 0 Å². The van der Waals surface area contributed by atoms with E-state index in [-0.39, 0.29) is 0 Å². The van der Waals surface area contributed by atoms with Gasteiger partial charge in [0.15, 0.2) is 0 Å². The first kappa shape index (κ1) is 13.3. The molecule has 5 heteroatoms. The molecule has 0 radical (unpaired) electrons. The van der Waals surface area contributed by atoms with Gasteiger partial charge in [-0.3, -0.25) is 4.98 Å². The SMILES string of the molecule is NCc1cccc(COc2cc(Br)ccc2Cl)n1. The Labute approximate surface area is 119 Å². The van der Waals surface area contributed by atoms with Crippen LogP contribution in [0.25, 0.3) is 0 Å². The Morgan fingerprint density at radius 1 is 1.22 bits per heavy atom. The fourth-order valence-corrected chi connectivity index (χ4v) is 1.98. The molecule has 1 heterocycles. The summed E-state index contributed by atoms with van der Waals surface area (Å²) in [6.07, 6.45) is 0. The molecule has 2 rings (SSSR count). The molecule has 0 spiro atoms. The van der Waals surface area contributed by atoms with Gasteiger partial charge in [-0.2, -0.15) is 0 Å². The third-order valence-electron chi connectivity index (χ3n) is 2.34. The standard InChI is InChI=1S/C13H12BrClN2O/c14-9-4-5-12(15)13(6-9)18-8-11-3-1-2-10(7-16)17-11/h1-6H,7-8,16H2. The summed E-state index contributed by atoms with van der Waals surface area (Å²) in [6.45, 7) is 0.787. The van der Waals surface area contributed by atoms with Crippen LogP contribution in [-0.4, -0.2) is 4.98 Å². The number of nitrogens with zero attached hydrogens (tertiary/aromatic N) is 1. The Bertz CT molecular complexity index is 548. The summed E-state index contributed by atoms with van der Waals surface area (Å²) in [4.78, 5) is 4.35. The second-order valence-corrected chi connectivity index (χ2v) is 5.01. The molecule has 0 bridgehead atoms. The molecule has 0 saturated heterocycles. The quantitative estimate of drug-likeness (QED) is 0.934. The number of pyridine rings is 1. The van der Waals surface area contributed by atoms with Crippen LogP contribution >= 0.6 is 27.5 Å². The maximum absolute atomic E-state index is 6.03. The van der Waals surface area contributed by atoms with Crippen LogP contribution < -0.4 is 10.5 Å². The number of aromatic nitrogens is 1. The van der Waals surface area contributed by atoms with Crippen LogP contribution in [-0.2, 0) is 13.2 Å². The zero-order valence-corrected chi connectivity index (χ0v) is 11.9. The van der Waals surface area contributed by atoms with Gasteiger partial charge in [0.1, 0.15) is 12.4 Å². The molecule has 0 aliphatic rings. The van der Waals surface area contributed by atoms with Crippen LogP contribution in [0.2, 0.25) is 5.02 Å². The van der Waals surface area contributed by atoms with E-state index in [0.29, 0.717) is 23.9 Å². The highest BCUT2D eigenvalue weighted by Gasteiger charge is 2.04. The highest BCUT2D eigenvalue weighted by molar-refractivity contribution is 9.10. The van der Waals surface area contributed by atoms with E-state index in [0.717, 1.165) is 15.9 Å². The Balaban J connectivity index is 2.08. The molecule has 94 valence electrons. The minimum Gasteiger partial charge on any atom is -0.486 e. The number of halogens is 2. The monoisotopic (exact) mass is 326 g/mol. The molecular formula is C13H12BrClN2O. The number of nitrogens with two attached hydrogens (primary N) is 1. The summed E-state index contributed by atoms with van der Waals surface area (Å²) in [6, 6.07) is 11.2. The predicted molar refractivity (Wildman–Crippen MR) is 75.6 cm³/mol. The van der Waals surface area contributed by atoms with Gasteiger partial charge in [0.25, 0.3) is 0 Å². The van der Waals surface area contributed by atoms with Crippen LogP contribution in [0.4, 0.5) is 0 Å². The smallest absolute Gasteiger partial charge is 0.139 e. The molecule has 0 unspecified atom stereocenters. The summed E-state index contributed by atoms with van der Waals surface area (Å²) in [5.41, 5.74) is 7.21. The van der Waals surface area contributed by atoms with Crippen LogP contribution in [0.3, 0.4) is 0 Å². The fraction of sp³-hybridized carbons (Fsp3) is 0.154. The molecule has 0 amide bonds. The molecular weight excluding hydrogens is 316 g/mol. The van der Waals surface area contributed by atoms with E-state index in [9.17, 15) is 0 Å². The van der Waals surface area contributed by atoms with Crippen LogP contribution in [0.15, 0.2) is 40.9 Å². The van der Waals surface area contributed by atoms with Crippen molar-refractivity contribution >= 4 is 27.5 Å². The van der Waals surface area contributed by atoms with Gasteiger partial charge in [-0.15, -0.1) is 0 Å². The van der Waals surface area contributed by atoms with Crippen LogP contribution in [0.1, 0.15) is 11.4 Å². The number of hydrogen-bond acceptors (Lipinski definition) is 3. The van der Waals surface area contributed by atoms with Crippen molar-refractivity contribution in [2.45, 2.75) is 13.2 Å². The summed E-state index contributed by atoms with van der Waals surface area (Å²) in [7, 11) is 0. The summed E-state index contributed by atoms with van der Waals surface area (Å²) < 4.78 is 6.56. The van der Waals surface area contributed by atoms with Gasteiger partial charge in [0, 0.05) is 11.0 Å². The lowest BCUT2D eigenvalue weighted by Crippen LogP contribution is -2.04. The third-order valence-corrected chi connectivity index (χ3v) is 3.15. The Hall–Kier alpha value is -1.10. The van der Waals surface area contributed by atoms with Crippen molar-refractivity contribution in [3.63, 3.8) is 0 Å². The molecule has 0 fully saturated rings. The second kappa shape index (κ2) is 6.18. The first-order valence-corrected chi connectivity index (χ1v) is 6.59. The molecule has 0 saturated carbocycles. The lowest BCUT2D eigenvalue weighted by Gasteiger charge is -2.08. The molecule has 18 heavy (non-hydrogen) atoms. The second-order valence-electron chi connectivity index (χ2n) is 3.69. The van der Waals surface area contributed by atoms with E-state index < -0.39 is 0 Å². The Morgan fingerprint density at radius 3 is 2.78 bits per heavy atom. The zero-order chi connectivity index (χ0) is 13.0. The van der Waals surface area contributed by atoms with Crippen molar-refractivity contribution in [3.8, 4) is 5.75 Å².